The molecule has 3 aromatic rings. The summed E-state index contributed by atoms with van der Waals surface area (Å²) in [6, 6.07) is 17.4. The van der Waals surface area contributed by atoms with Crippen LogP contribution in [0.2, 0.25) is 0 Å². The van der Waals surface area contributed by atoms with Gasteiger partial charge < -0.3 is 9.15 Å². The van der Waals surface area contributed by atoms with Crippen LogP contribution in [0.25, 0.3) is 11.3 Å². The summed E-state index contributed by atoms with van der Waals surface area (Å²) < 4.78 is 11.2. The maximum Gasteiger partial charge on any atom is 0.137 e. The zero-order chi connectivity index (χ0) is 12.9. The van der Waals surface area contributed by atoms with Crippen LogP contribution in [-0.4, -0.2) is 4.98 Å². The van der Waals surface area contributed by atoms with E-state index >= 15 is 0 Å². The predicted octanol–water partition coefficient (Wildman–Crippen LogP) is 3.92. The Morgan fingerprint density at radius 1 is 0.947 bits per heavy atom. The van der Waals surface area contributed by atoms with E-state index in [-0.39, 0.29) is 0 Å². The highest BCUT2D eigenvalue weighted by Crippen LogP contribution is 2.30. The first kappa shape index (κ1) is 11.5. The van der Waals surface area contributed by atoms with Crippen LogP contribution < -0.4 is 4.74 Å². The van der Waals surface area contributed by atoms with Crippen LogP contribution in [0.15, 0.2) is 71.5 Å². The number of benzene rings is 1. The molecule has 0 aliphatic carbocycles. The van der Waals surface area contributed by atoms with E-state index in [2.05, 4.69) is 4.98 Å². The lowest BCUT2D eigenvalue weighted by Gasteiger charge is -2.09. The van der Waals surface area contributed by atoms with Gasteiger partial charge in [0.15, 0.2) is 0 Å². The van der Waals surface area contributed by atoms with Gasteiger partial charge in [-0.2, -0.15) is 0 Å². The molecule has 3 rings (SSSR count). The quantitative estimate of drug-likeness (QED) is 0.705. The van der Waals surface area contributed by atoms with E-state index in [1.165, 1.54) is 0 Å². The van der Waals surface area contributed by atoms with Gasteiger partial charge in [-0.15, -0.1) is 0 Å². The van der Waals surface area contributed by atoms with Gasteiger partial charge in [-0.05, 0) is 36.4 Å². The second-order valence-corrected chi connectivity index (χ2v) is 4.08. The molecule has 3 heteroatoms. The molecule has 0 saturated carbocycles. The number of pyridine rings is 1. The number of hydrogen-bond acceptors (Lipinski definition) is 3. The lowest BCUT2D eigenvalue weighted by Crippen LogP contribution is -1.98. The van der Waals surface area contributed by atoms with E-state index < -0.39 is 0 Å². The molecule has 0 amide bonds. The fourth-order valence-electron chi connectivity index (χ4n) is 1.86. The Labute approximate surface area is 111 Å². The summed E-state index contributed by atoms with van der Waals surface area (Å²) in [5.74, 6) is 1.60. The van der Waals surface area contributed by atoms with E-state index in [1.54, 1.807) is 12.5 Å². The number of furan rings is 1. The molecule has 0 aliphatic rings. The van der Waals surface area contributed by atoms with Crippen molar-refractivity contribution in [1.29, 1.82) is 0 Å². The minimum Gasteiger partial charge on any atom is -0.487 e. The molecular weight excluding hydrogens is 238 g/mol. The third-order valence-electron chi connectivity index (χ3n) is 2.78. The summed E-state index contributed by atoms with van der Waals surface area (Å²) in [4.78, 5) is 4.24. The summed E-state index contributed by atoms with van der Waals surface area (Å²) in [6.07, 6.45) is 3.42. The van der Waals surface area contributed by atoms with Crippen molar-refractivity contribution in [2.75, 3.05) is 0 Å². The first-order valence-electron chi connectivity index (χ1n) is 6.09. The van der Waals surface area contributed by atoms with E-state index in [4.69, 9.17) is 9.15 Å². The molecule has 0 atom stereocenters. The number of nitrogens with zero attached hydrogens (tertiary/aromatic N) is 1. The first-order chi connectivity index (χ1) is 9.43. The van der Waals surface area contributed by atoms with Crippen molar-refractivity contribution in [2.45, 2.75) is 6.61 Å². The van der Waals surface area contributed by atoms with E-state index in [1.807, 2.05) is 54.6 Å². The SMILES string of the molecule is c1ccc(COc2ccccc2-c2ccco2)nc1. The topological polar surface area (TPSA) is 35.3 Å². The molecule has 0 bridgehead atoms. The van der Waals surface area contributed by atoms with Gasteiger partial charge in [0.1, 0.15) is 18.1 Å². The third-order valence-corrected chi connectivity index (χ3v) is 2.78. The van der Waals surface area contributed by atoms with Crippen molar-refractivity contribution in [2.24, 2.45) is 0 Å². The highest BCUT2D eigenvalue weighted by atomic mass is 16.5. The Kier molecular flexibility index (Phi) is 3.28. The van der Waals surface area contributed by atoms with Crippen LogP contribution in [0.5, 0.6) is 5.75 Å². The summed E-state index contributed by atoms with van der Waals surface area (Å²) in [6.45, 7) is 0.443. The zero-order valence-corrected chi connectivity index (χ0v) is 10.3. The fourth-order valence-corrected chi connectivity index (χ4v) is 1.86. The van der Waals surface area contributed by atoms with Gasteiger partial charge >= 0.3 is 0 Å². The number of ether oxygens (including phenoxy) is 1. The van der Waals surface area contributed by atoms with Crippen LogP contribution in [-0.2, 0) is 6.61 Å². The fraction of sp³-hybridized carbons (Fsp3) is 0.0625. The van der Waals surface area contributed by atoms with Crippen molar-refractivity contribution in [3.63, 3.8) is 0 Å². The molecule has 19 heavy (non-hydrogen) atoms. The van der Waals surface area contributed by atoms with Crippen LogP contribution in [0.1, 0.15) is 5.69 Å². The van der Waals surface area contributed by atoms with Crippen molar-refractivity contribution in [3.05, 3.63) is 72.8 Å². The van der Waals surface area contributed by atoms with Crippen LogP contribution in [0.3, 0.4) is 0 Å². The van der Waals surface area contributed by atoms with Gasteiger partial charge in [-0.3, -0.25) is 4.98 Å². The molecule has 0 spiro atoms. The largest absolute Gasteiger partial charge is 0.487 e. The molecule has 94 valence electrons. The van der Waals surface area contributed by atoms with Crippen LogP contribution >= 0.6 is 0 Å². The summed E-state index contributed by atoms with van der Waals surface area (Å²) in [5.41, 5.74) is 1.85. The van der Waals surface area contributed by atoms with Gasteiger partial charge in [0, 0.05) is 6.20 Å². The number of para-hydroxylation sites is 1. The minimum atomic E-state index is 0.443. The lowest BCUT2D eigenvalue weighted by atomic mass is 10.1. The normalized spacial score (nSPS) is 10.3. The molecule has 0 radical (unpaired) electrons. The second kappa shape index (κ2) is 5.40. The highest BCUT2D eigenvalue weighted by molar-refractivity contribution is 5.65. The molecule has 2 aromatic heterocycles. The Balaban J connectivity index is 1.82. The minimum absolute atomic E-state index is 0.443. The number of rotatable bonds is 4. The standard InChI is InChI=1S/C16H13NO2/c1-2-8-16(14(7-1)15-9-5-11-18-15)19-12-13-6-3-4-10-17-13/h1-11H,12H2. The molecule has 2 heterocycles. The smallest absolute Gasteiger partial charge is 0.137 e. The predicted molar refractivity (Wildman–Crippen MR) is 72.7 cm³/mol. The third kappa shape index (κ3) is 2.65. The van der Waals surface area contributed by atoms with Gasteiger partial charge in [0.2, 0.25) is 0 Å². The van der Waals surface area contributed by atoms with Crippen molar-refractivity contribution in [1.82, 2.24) is 4.98 Å². The molecule has 1 aromatic carbocycles. The monoisotopic (exact) mass is 251 g/mol. The maximum absolute atomic E-state index is 5.82. The van der Waals surface area contributed by atoms with E-state index in [9.17, 15) is 0 Å². The highest BCUT2D eigenvalue weighted by Gasteiger charge is 2.08. The van der Waals surface area contributed by atoms with Gasteiger partial charge in [-0.25, -0.2) is 0 Å². The molecule has 0 N–H and O–H groups in total. The number of aromatic nitrogens is 1. The molecule has 0 unspecified atom stereocenters. The van der Waals surface area contributed by atoms with Crippen molar-refractivity contribution in [3.8, 4) is 17.1 Å². The van der Waals surface area contributed by atoms with E-state index in [0.29, 0.717) is 6.61 Å². The summed E-state index contributed by atoms with van der Waals surface area (Å²) >= 11 is 0. The van der Waals surface area contributed by atoms with Gasteiger partial charge in [0.25, 0.3) is 0 Å². The molecular formula is C16H13NO2. The van der Waals surface area contributed by atoms with Crippen LogP contribution in [0, 0.1) is 0 Å². The summed E-state index contributed by atoms with van der Waals surface area (Å²) in [5, 5.41) is 0. The average Bonchev–Trinajstić information content (AvgIpc) is 3.01. The molecule has 0 fully saturated rings. The Bertz CT molecular complexity index is 633. The molecule has 3 nitrogen and oxygen atoms in total. The Hall–Kier alpha value is -2.55. The lowest BCUT2D eigenvalue weighted by molar-refractivity contribution is 0.302. The molecule has 0 aliphatic heterocycles. The molecule has 0 saturated heterocycles. The van der Waals surface area contributed by atoms with Crippen molar-refractivity contribution < 1.29 is 9.15 Å². The Morgan fingerprint density at radius 2 is 1.84 bits per heavy atom. The second-order valence-electron chi connectivity index (χ2n) is 4.08. The van der Waals surface area contributed by atoms with Crippen molar-refractivity contribution >= 4 is 0 Å². The first-order valence-corrected chi connectivity index (χ1v) is 6.09. The van der Waals surface area contributed by atoms with Gasteiger partial charge in [0.05, 0.1) is 17.5 Å². The summed E-state index contributed by atoms with van der Waals surface area (Å²) in [7, 11) is 0. The Morgan fingerprint density at radius 3 is 2.63 bits per heavy atom. The average molecular weight is 251 g/mol. The van der Waals surface area contributed by atoms with Crippen LogP contribution in [0.4, 0.5) is 0 Å². The number of hydrogen-bond donors (Lipinski definition) is 0. The van der Waals surface area contributed by atoms with E-state index in [0.717, 1.165) is 22.8 Å². The maximum atomic E-state index is 5.82. The van der Waals surface area contributed by atoms with Gasteiger partial charge in [-0.1, -0.05) is 18.2 Å². The zero-order valence-electron chi connectivity index (χ0n) is 10.3.